The summed E-state index contributed by atoms with van der Waals surface area (Å²) < 4.78 is 11.5. The number of benzene rings is 1. The summed E-state index contributed by atoms with van der Waals surface area (Å²) in [6.07, 6.45) is 2.97. The van der Waals surface area contributed by atoms with Crippen molar-refractivity contribution in [3.63, 3.8) is 0 Å². The summed E-state index contributed by atoms with van der Waals surface area (Å²) in [4.78, 5) is 0. The van der Waals surface area contributed by atoms with Crippen LogP contribution in [0.1, 0.15) is 18.9 Å². The van der Waals surface area contributed by atoms with Crippen LogP contribution in [0, 0.1) is 0 Å². The van der Waals surface area contributed by atoms with E-state index in [1.165, 1.54) is 0 Å². The molecule has 0 atom stereocenters. The Hall–Kier alpha value is -1.00. The molecule has 0 bridgehead atoms. The molecule has 1 rings (SSSR count). The van der Waals surface area contributed by atoms with Crippen LogP contribution in [0.3, 0.4) is 0 Å². The van der Waals surface area contributed by atoms with Gasteiger partial charge in [0.15, 0.2) is 0 Å². The van der Waals surface area contributed by atoms with Crippen molar-refractivity contribution in [2.24, 2.45) is 5.73 Å². The summed E-state index contributed by atoms with van der Waals surface area (Å²) in [5.74, 6) is 1.55. The third kappa shape index (κ3) is 3.23. The second-order valence-corrected chi connectivity index (χ2v) is 4.42. The Morgan fingerprint density at radius 1 is 1.35 bits per heavy atom. The summed E-state index contributed by atoms with van der Waals surface area (Å²) in [6, 6.07) is 3.91. The molecule has 0 saturated carbocycles. The van der Waals surface area contributed by atoms with Crippen LogP contribution in [-0.2, 0) is 0 Å². The van der Waals surface area contributed by atoms with Crippen molar-refractivity contribution >= 4 is 21.5 Å². The molecular weight excluding hydrogens is 282 g/mol. The quantitative estimate of drug-likeness (QED) is 0.908. The first kappa shape index (κ1) is 14.1. The van der Waals surface area contributed by atoms with Gasteiger partial charge in [-0.25, -0.2) is 0 Å². The molecule has 0 heterocycles. The van der Waals surface area contributed by atoms with E-state index in [1.807, 2.05) is 19.1 Å². The van der Waals surface area contributed by atoms with E-state index in [0.29, 0.717) is 6.54 Å². The lowest BCUT2D eigenvalue weighted by Gasteiger charge is -2.13. The standard InChI is InChI=1S/C13H18BrNO2/c1-9(5-4-8-15)10-6-7-11(16-2)12(14)13(10)17-3/h5-7H,4,8,15H2,1-3H3/b9-5+. The third-order valence-corrected chi connectivity index (χ3v) is 3.28. The molecule has 0 aliphatic rings. The number of rotatable bonds is 5. The van der Waals surface area contributed by atoms with Crippen LogP contribution in [0.5, 0.6) is 11.5 Å². The molecule has 0 aliphatic carbocycles. The molecule has 2 N–H and O–H groups in total. The lowest BCUT2D eigenvalue weighted by Crippen LogP contribution is -1.97. The van der Waals surface area contributed by atoms with E-state index in [2.05, 4.69) is 22.0 Å². The number of halogens is 1. The highest BCUT2D eigenvalue weighted by Gasteiger charge is 2.13. The summed E-state index contributed by atoms with van der Waals surface area (Å²) in [6.45, 7) is 2.70. The predicted octanol–water partition coefficient (Wildman–Crippen LogP) is 3.22. The summed E-state index contributed by atoms with van der Waals surface area (Å²) >= 11 is 3.49. The topological polar surface area (TPSA) is 44.5 Å². The smallest absolute Gasteiger partial charge is 0.144 e. The zero-order valence-corrected chi connectivity index (χ0v) is 12.0. The Bertz CT molecular complexity index is 416. The van der Waals surface area contributed by atoms with Gasteiger partial charge in [-0.05, 0) is 53.5 Å². The monoisotopic (exact) mass is 299 g/mol. The first-order valence-corrected chi connectivity index (χ1v) is 6.22. The molecule has 4 heteroatoms. The van der Waals surface area contributed by atoms with Crippen molar-refractivity contribution in [3.05, 3.63) is 28.2 Å². The Kier molecular flexibility index (Phi) is 5.51. The first-order valence-electron chi connectivity index (χ1n) is 5.43. The van der Waals surface area contributed by atoms with Gasteiger partial charge in [-0.3, -0.25) is 0 Å². The van der Waals surface area contributed by atoms with Gasteiger partial charge in [-0.2, -0.15) is 0 Å². The highest BCUT2D eigenvalue weighted by Crippen LogP contribution is 2.39. The lowest BCUT2D eigenvalue weighted by molar-refractivity contribution is 0.388. The van der Waals surface area contributed by atoms with Crippen LogP contribution in [-0.4, -0.2) is 20.8 Å². The highest BCUT2D eigenvalue weighted by atomic mass is 79.9. The number of hydrogen-bond acceptors (Lipinski definition) is 3. The fraction of sp³-hybridized carbons (Fsp3) is 0.385. The Morgan fingerprint density at radius 3 is 2.59 bits per heavy atom. The van der Waals surface area contributed by atoms with E-state index >= 15 is 0 Å². The number of allylic oxidation sites excluding steroid dienone is 1. The SMILES string of the molecule is COc1ccc(/C(C)=C/CCN)c(OC)c1Br. The van der Waals surface area contributed by atoms with Crippen molar-refractivity contribution in [2.45, 2.75) is 13.3 Å². The molecule has 0 radical (unpaired) electrons. The molecule has 0 fully saturated rings. The Balaban J connectivity index is 3.21. The molecular formula is C13H18BrNO2. The molecule has 1 aromatic carbocycles. The Morgan fingerprint density at radius 2 is 2.06 bits per heavy atom. The minimum Gasteiger partial charge on any atom is -0.495 e. The normalized spacial score (nSPS) is 11.5. The maximum atomic E-state index is 5.50. The predicted molar refractivity (Wildman–Crippen MR) is 74.6 cm³/mol. The van der Waals surface area contributed by atoms with Crippen LogP contribution >= 0.6 is 15.9 Å². The third-order valence-electron chi connectivity index (χ3n) is 2.53. The van der Waals surface area contributed by atoms with Crippen LogP contribution in [0.2, 0.25) is 0 Å². The van der Waals surface area contributed by atoms with E-state index in [1.54, 1.807) is 14.2 Å². The number of nitrogens with two attached hydrogens (primary N) is 1. The lowest BCUT2D eigenvalue weighted by atomic mass is 10.0. The van der Waals surface area contributed by atoms with Gasteiger partial charge in [0.05, 0.1) is 14.2 Å². The van der Waals surface area contributed by atoms with Crippen LogP contribution in [0.4, 0.5) is 0 Å². The molecule has 0 amide bonds. The van der Waals surface area contributed by atoms with Gasteiger partial charge in [-0.1, -0.05) is 6.08 Å². The molecule has 17 heavy (non-hydrogen) atoms. The molecule has 0 spiro atoms. The number of methoxy groups -OCH3 is 2. The zero-order chi connectivity index (χ0) is 12.8. The molecule has 0 aromatic heterocycles. The minimum atomic E-state index is 0.650. The van der Waals surface area contributed by atoms with Gasteiger partial charge in [0.1, 0.15) is 16.0 Å². The van der Waals surface area contributed by atoms with E-state index in [0.717, 1.165) is 33.5 Å². The second kappa shape index (κ2) is 6.67. The van der Waals surface area contributed by atoms with E-state index in [4.69, 9.17) is 15.2 Å². The fourth-order valence-corrected chi connectivity index (χ4v) is 2.29. The highest BCUT2D eigenvalue weighted by molar-refractivity contribution is 9.10. The Labute approximate surface area is 111 Å². The molecule has 1 aromatic rings. The maximum Gasteiger partial charge on any atom is 0.144 e. The second-order valence-electron chi connectivity index (χ2n) is 3.63. The van der Waals surface area contributed by atoms with Gasteiger partial charge >= 0.3 is 0 Å². The molecule has 3 nitrogen and oxygen atoms in total. The van der Waals surface area contributed by atoms with Crippen molar-refractivity contribution in [3.8, 4) is 11.5 Å². The molecule has 0 saturated heterocycles. The van der Waals surface area contributed by atoms with E-state index in [-0.39, 0.29) is 0 Å². The molecule has 0 unspecified atom stereocenters. The average Bonchev–Trinajstić information content (AvgIpc) is 2.35. The number of ether oxygens (including phenoxy) is 2. The largest absolute Gasteiger partial charge is 0.495 e. The van der Waals surface area contributed by atoms with E-state index < -0.39 is 0 Å². The summed E-state index contributed by atoms with van der Waals surface area (Å²) in [5.41, 5.74) is 7.69. The van der Waals surface area contributed by atoms with Crippen LogP contribution < -0.4 is 15.2 Å². The fourth-order valence-electron chi connectivity index (χ4n) is 1.62. The maximum absolute atomic E-state index is 5.50. The average molecular weight is 300 g/mol. The van der Waals surface area contributed by atoms with Crippen molar-refractivity contribution < 1.29 is 9.47 Å². The van der Waals surface area contributed by atoms with E-state index in [9.17, 15) is 0 Å². The van der Waals surface area contributed by atoms with Crippen LogP contribution in [0.15, 0.2) is 22.7 Å². The van der Waals surface area contributed by atoms with Gasteiger partial charge in [0.2, 0.25) is 0 Å². The van der Waals surface area contributed by atoms with Crippen molar-refractivity contribution in [2.75, 3.05) is 20.8 Å². The van der Waals surface area contributed by atoms with Gasteiger partial charge < -0.3 is 15.2 Å². The van der Waals surface area contributed by atoms with Crippen molar-refractivity contribution in [1.29, 1.82) is 0 Å². The number of hydrogen-bond donors (Lipinski definition) is 1. The summed E-state index contributed by atoms with van der Waals surface area (Å²) in [7, 11) is 3.29. The summed E-state index contributed by atoms with van der Waals surface area (Å²) in [5, 5.41) is 0. The van der Waals surface area contributed by atoms with Gasteiger partial charge in [-0.15, -0.1) is 0 Å². The zero-order valence-electron chi connectivity index (χ0n) is 10.4. The van der Waals surface area contributed by atoms with Gasteiger partial charge in [0, 0.05) is 5.56 Å². The van der Waals surface area contributed by atoms with Gasteiger partial charge in [0.25, 0.3) is 0 Å². The first-order chi connectivity index (χ1) is 8.15. The van der Waals surface area contributed by atoms with Crippen molar-refractivity contribution in [1.82, 2.24) is 0 Å². The molecule has 94 valence electrons. The van der Waals surface area contributed by atoms with Crippen LogP contribution in [0.25, 0.3) is 5.57 Å². The minimum absolute atomic E-state index is 0.650. The molecule has 0 aliphatic heterocycles.